The summed E-state index contributed by atoms with van der Waals surface area (Å²) < 4.78 is 5.94. The summed E-state index contributed by atoms with van der Waals surface area (Å²) in [5, 5.41) is 2.49. The van der Waals surface area contributed by atoms with Crippen molar-refractivity contribution >= 4 is 23.1 Å². The molecule has 0 radical (unpaired) electrons. The first-order chi connectivity index (χ1) is 9.81. The molecule has 2 aromatic carbocycles. The molecule has 1 aliphatic rings. The van der Waals surface area contributed by atoms with Crippen molar-refractivity contribution in [3.8, 4) is 11.1 Å². The summed E-state index contributed by atoms with van der Waals surface area (Å²) in [7, 11) is 0. The molecule has 0 unspecified atom stereocenters. The highest BCUT2D eigenvalue weighted by molar-refractivity contribution is 5.85. The minimum Gasteiger partial charge on any atom is -0.456 e. The normalized spacial score (nSPS) is 17.4. The van der Waals surface area contributed by atoms with Gasteiger partial charge in [0.1, 0.15) is 11.0 Å². The van der Waals surface area contributed by atoms with Crippen molar-refractivity contribution < 1.29 is 4.42 Å². The number of furan rings is 1. The Morgan fingerprint density at radius 2 is 1.85 bits per heavy atom. The zero-order valence-corrected chi connectivity index (χ0v) is 11.5. The molecule has 1 heteroatoms. The van der Waals surface area contributed by atoms with E-state index in [4.69, 9.17) is 4.42 Å². The van der Waals surface area contributed by atoms with Gasteiger partial charge in [0.25, 0.3) is 0 Å². The lowest BCUT2D eigenvalue weighted by atomic mass is 9.99. The summed E-state index contributed by atoms with van der Waals surface area (Å²) >= 11 is 0. The second-order valence-electron chi connectivity index (χ2n) is 5.54. The van der Waals surface area contributed by atoms with Crippen molar-refractivity contribution in [2.24, 2.45) is 5.92 Å². The molecule has 0 amide bonds. The van der Waals surface area contributed by atoms with Crippen LogP contribution in [0.5, 0.6) is 0 Å². The third-order valence-electron chi connectivity index (χ3n) is 3.99. The molecule has 98 valence electrons. The Bertz CT molecular complexity index is 885. The molecule has 1 aromatic heterocycles. The van der Waals surface area contributed by atoms with Crippen molar-refractivity contribution in [3.05, 3.63) is 59.2 Å². The maximum atomic E-state index is 5.94. The van der Waals surface area contributed by atoms with Crippen LogP contribution in [0.2, 0.25) is 0 Å². The maximum absolute atomic E-state index is 5.94. The van der Waals surface area contributed by atoms with Crippen LogP contribution in [0.15, 0.2) is 52.9 Å². The van der Waals surface area contributed by atoms with Gasteiger partial charge >= 0.3 is 0 Å². The zero-order chi connectivity index (χ0) is 13.5. The van der Waals surface area contributed by atoms with E-state index >= 15 is 0 Å². The highest BCUT2D eigenvalue weighted by Gasteiger charge is 2.10. The average molecular weight is 260 g/mol. The van der Waals surface area contributed by atoms with E-state index in [1.807, 2.05) is 6.07 Å². The summed E-state index contributed by atoms with van der Waals surface area (Å²) in [4.78, 5) is 0. The summed E-state index contributed by atoms with van der Waals surface area (Å²) in [6.45, 7) is 2.25. The summed E-state index contributed by atoms with van der Waals surface area (Å²) in [5.74, 6) is 0.587. The summed E-state index contributed by atoms with van der Waals surface area (Å²) in [6.07, 6.45) is 5.61. The molecular formula is C19H16O. The van der Waals surface area contributed by atoms with Crippen molar-refractivity contribution in [1.82, 2.24) is 0 Å². The first-order valence-corrected chi connectivity index (χ1v) is 7.11. The molecule has 0 N–H and O–H groups in total. The van der Waals surface area contributed by atoms with Gasteiger partial charge in [-0.1, -0.05) is 49.4 Å². The number of benzene rings is 2. The fourth-order valence-electron chi connectivity index (χ4n) is 2.91. The van der Waals surface area contributed by atoms with Crippen LogP contribution in [0, 0.1) is 5.92 Å². The quantitative estimate of drug-likeness (QED) is 0.650. The third kappa shape index (κ3) is 1.78. The largest absolute Gasteiger partial charge is 0.456 e. The van der Waals surface area contributed by atoms with Crippen LogP contribution in [0.4, 0.5) is 0 Å². The highest BCUT2D eigenvalue weighted by atomic mass is 16.3. The summed E-state index contributed by atoms with van der Waals surface area (Å²) in [5.41, 5.74) is 4.50. The van der Waals surface area contributed by atoms with E-state index in [2.05, 4.69) is 61.5 Å². The Hall–Kier alpha value is -2.28. The molecule has 0 saturated carbocycles. The summed E-state index contributed by atoms with van der Waals surface area (Å²) in [6, 6.07) is 17.0. The molecular weight excluding hydrogens is 244 g/mol. The lowest BCUT2D eigenvalue weighted by Crippen LogP contribution is -2.24. The monoisotopic (exact) mass is 260 g/mol. The van der Waals surface area contributed by atoms with Gasteiger partial charge in [-0.25, -0.2) is 0 Å². The van der Waals surface area contributed by atoms with E-state index in [0.29, 0.717) is 5.92 Å². The molecule has 4 rings (SSSR count). The highest BCUT2D eigenvalue weighted by Crippen LogP contribution is 2.23. The van der Waals surface area contributed by atoms with Gasteiger partial charge in [0.2, 0.25) is 0 Å². The number of hydrogen-bond donors (Lipinski definition) is 0. The van der Waals surface area contributed by atoms with Gasteiger partial charge in [-0.05, 0) is 41.7 Å². The Morgan fingerprint density at radius 3 is 2.70 bits per heavy atom. The molecule has 1 heterocycles. The second-order valence-corrected chi connectivity index (χ2v) is 5.54. The lowest BCUT2D eigenvalue weighted by molar-refractivity contribution is 0.567. The second kappa shape index (κ2) is 4.38. The topological polar surface area (TPSA) is 13.1 Å². The van der Waals surface area contributed by atoms with E-state index in [1.165, 1.54) is 21.7 Å². The van der Waals surface area contributed by atoms with Gasteiger partial charge < -0.3 is 4.42 Å². The SMILES string of the molecule is C[C@H]1C=c2c(oc3ccc(-c4ccccc4)cc23)=CC1. The van der Waals surface area contributed by atoms with Crippen molar-refractivity contribution in [3.63, 3.8) is 0 Å². The molecule has 0 spiro atoms. The van der Waals surface area contributed by atoms with Crippen LogP contribution in [0.25, 0.3) is 34.2 Å². The molecule has 0 bridgehead atoms. The van der Waals surface area contributed by atoms with Gasteiger partial charge in [-0.3, -0.25) is 0 Å². The minimum atomic E-state index is 0.587. The van der Waals surface area contributed by atoms with Crippen LogP contribution >= 0.6 is 0 Å². The van der Waals surface area contributed by atoms with Gasteiger partial charge in [-0.15, -0.1) is 0 Å². The minimum absolute atomic E-state index is 0.587. The van der Waals surface area contributed by atoms with E-state index in [1.54, 1.807) is 0 Å². The van der Waals surface area contributed by atoms with Gasteiger partial charge in [0.15, 0.2) is 0 Å². The molecule has 0 aliphatic heterocycles. The number of rotatable bonds is 1. The van der Waals surface area contributed by atoms with Gasteiger partial charge in [0.05, 0.1) is 0 Å². The fraction of sp³-hybridized carbons (Fsp3) is 0.158. The molecule has 0 saturated heterocycles. The Kier molecular flexibility index (Phi) is 2.53. The predicted octanol–water partition coefficient (Wildman–Crippen LogP) is 3.70. The maximum Gasteiger partial charge on any atom is 0.135 e. The van der Waals surface area contributed by atoms with Crippen molar-refractivity contribution in [2.75, 3.05) is 0 Å². The number of hydrogen-bond acceptors (Lipinski definition) is 1. The Labute approximate surface area is 117 Å². The van der Waals surface area contributed by atoms with Gasteiger partial charge in [-0.2, -0.15) is 0 Å². The fourth-order valence-corrected chi connectivity index (χ4v) is 2.91. The molecule has 1 aliphatic carbocycles. The van der Waals surface area contributed by atoms with Crippen molar-refractivity contribution in [1.29, 1.82) is 0 Å². The molecule has 1 atom stereocenters. The first kappa shape index (κ1) is 11.5. The van der Waals surface area contributed by atoms with E-state index < -0.39 is 0 Å². The van der Waals surface area contributed by atoms with Crippen LogP contribution in [-0.4, -0.2) is 0 Å². The smallest absolute Gasteiger partial charge is 0.135 e. The van der Waals surface area contributed by atoms with E-state index in [-0.39, 0.29) is 0 Å². The predicted molar refractivity (Wildman–Crippen MR) is 83.6 cm³/mol. The van der Waals surface area contributed by atoms with Crippen LogP contribution in [-0.2, 0) is 0 Å². The van der Waals surface area contributed by atoms with Crippen LogP contribution in [0.1, 0.15) is 13.3 Å². The zero-order valence-electron chi connectivity index (χ0n) is 11.5. The average Bonchev–Trinajstić information content (AvgIpc) is 2.85. The molecule has 1 nitrogen and oxygen atoms in total. The standard InChI is InChI=1S/C19H16O/c1-13-7-9-18-16(11-13)17-12-15(8-10-19(17)20-18)14-5-3-2-4-6-14/h2-6,8-13H,7H2,1H3/t13-/m1/s1. The molecule has 20 heavy (non-hydrogen) atoms. The number of fused-ring (bicyclic) bond motifs is 3. The first-order valence-electron chi connectivity index (χ1n) is 7.11. The van der Waals surface area contributed by atoms with E-state index in [9.17, 15) is 0 Å². The van der Waals surface area contributed by atoms with Crippen LogP contribution in [0.3, 0.4) is 0 Å². The Balaban J connectivity index is 2.01. The Morgan fingerprint density at radius 1 is 1.00 bits per heavy atom. The molecule has 0 fully saturated rings. The van der Waals surface area contributed by atoms with Gasteiger partial charge in [0, 0.05) is 10.6 Å². The third-order valence-corrected chi connectivity index (χ3v) is 3.99. The van der Waals surface area contributed by atoms with Crippen molar-refractivity contribution in [2.45, 2.75) is 13.3 Å². The van der Waals surface area contributed by atoms with E-state index in [0.717, 1.165) is 17.4 Å². The lowest BCUT2D eigenvalue weighted by Gasteiger charge is -2.04. The van der Waals surface area contributed by atoms with Crippen LogP contribution < -0.4 is 10.6 Å². The molecule has 3 aromatic rings.